The number of thiophene rings is 1. The number of aromatic nitrogens is 2. The molecular weight excluding hydrogens is 296 g/mol. The van der Waals surface area contributed by atoms with Gasteiger partial charge in [0.05, 0.1) is 6.04 Å². The van der Waals surface area contributed by atoms with Crippen molar-refractivity contribution in [2.75, 3.05) is 5.73 Å². The Hall–Kier alpha value is -1.38. The lowest BCUT2D eigenvalue weighted by Gasteiger charge is -2.15. The Balaban J connectivity index is 2.28. The molecule has 2 aromatic heterocycles. The number of hydrogen-bond donors (Lipinski definition) is 2. The molecule has 0 bridgehead atoms. The van der Waals surface area contributed by atoms with E-state index in [1.807, 2.05) is 31.4 Å². The average Bonchev–Trinajstić information content (AvgIpc) is 3.05. The zero-order chi connectivity index (χ0) is 14.8. The van der Waals surface area contributed by atoms with E-state index in [0.717, 1.165) is 4.88 Å². The van der Waals surface area contributed by atoms with Crippen LogP contribution < -0.4 is 10.5 Å². The second-order valence-electron chi connectivity index (χ2n) is 4.33. The van der Waals surface area contributed by atoms with Crippen molar-refractivity contribution in [2.24, 2.45) is 0 Å². The molecule has 0 fully saturated rings. The van der Waals surface area contributed by atoms with Gasteiger partial charge < -0.3 is 5.73 Å². The number of sulfonamides is 1. The molecule has 0 saturated carbocycles. The Morgan fingerprint density at radius 2 is 2.25 bits per heavy atom. The summed E-state index contributed by atoms with van der Waals surface area (Å²) < 4.78 is 29.0. The third kappa shape index (κ3) is 3.02. The van der Waals surface area contributed by atoms with Gasteiger partial charge in [0.25, 0.3) is 0 Å². The van der Waals surface area contributed by atoms with Crippen LogP contribution in [0.25, 0.3) is 0 Å². The van der Waals surface area contributed by atoms with Gasteiger partial charge in [-0.3, -0.25) is 4.68 Å². The minimum atomic E-state index is -3.67. The van der Waals surface area contributed by atoms with E-state index in [1.165, 1.54) is 22.2 Å². The van der Waals surface area contributed by atoms with Gasteiger partial charge in [0.1, 0.15) is 4.90 Å². The van der Waals surface area contributed by atoms with Crippen molar-refractivity contribution in [2.45, 2.75) is 37.8 Å². The zero-order valence-electron chi connectivity index (χ0n) is 11.4. The molecule has 20 heavy (non-hydrogen) atoms. The molecule has 110 valence electrons. The number of hydrogen-bond acceptors (Lipinski definition) is 5. The van der Waals surface area contributed by atoms with E-state index < -0.39 is 10.0 Å². The van der Waals surface area contributed by atoms with E-state index in [9.17, 15) is 8.42 Å². The normalized spacial score (nSPS) is 13.5. The minimum absolute atomic E-state index is 0.0281. The van der Waals surface area contributed by atoms with Crippen LogP contribution in [0.5, 0.6) is 0 Å². The molecule has 0 aromatic carbocycles. The van der Waals surface area contributed by atoms with Crippen molar-refractivity contribution in [1.82, 2.24) is 14.5 Å². The van der Waals surface area contributed by atoms with Crippen LogP contribution in [0.4, 0.5) is 5.82 Å². The van der Waals surface area contributed by atoms with Gasteiger partial charge in [0, 0.05) is 17.6 Å². The first-order valence-corrected chi connectivity index (χ1v) is 8.72. The van der Waals surface area contributed by atoms with Crippen LogP contribution in [0, 0.1) is 0 Å². The van der Waals surface area contributed by atoms with Crippen molar-refractivity contribution >= 4 is 27.2 Å². The predicted octanol–water partition coefficient (Wildman–Crippen LogP) is 1.98. The van der Waals surface area contributed by atoms with E-state index in [0.29, 0.717) is 13.0 Å². The van der Waals surface area contributed by atoms with E-state index in [-0.39, 0.29) is 16.8 Å². The van der Waals surface area contributed by atoms with Crippen molar-refractivity contribution in [3.8, 4) is 0 Å². The van der Waals surface area contributed by atoms with Crippen LogP contribution >= 0.6 is 11.3 Å². The van der Waals surface area contributed by atoms with Crippen LogP contribution in [0.15, 0.2) is 28.6 Å². The SMILES string of the molecule is CCC(NS(=O)(=O)c1cn(CC)nc1N)c1cccs1. The Morgan fingerprint density at radius 3 is 2.75 bits per heavy atom. The molecule has 1 atom stereocenters. The maximum absolute atomic E-state index is 12.4. The molecular formula is C12H18N4O2S2. The number of rotatable bonds is 6. The topological polar surface area (TPSA) is 90.0 Å². The van der Waals surface area contributed by atoms with Crippen molar-refractivity contribution < 1.29 is 8.42 Å². The summed E-state index contributed by atoms with van der Waals surface area (Å²) in [6.45, 7) is 4.38. The van der Waals surface area contributed by atoms with Gasteiger partial charge >= 0.3 is 0 Å². The van der Waals surface area contributed by atoms with Gasteiger partial charge in [-0.15, -0.1) is 11.3 Å². The van der Waals surface area contributed by atoms with E-state index >= 15 is 0 Å². The molecule has 0 aliphatic heterocycles. The third-order valence-electron chi connectivity index (χ3n) is 2.96. The Morgan fingerprint density at radius 1 is 1.50 bits per heavy atom. The summed E-state index contributed by atoms with van der Waals surface area (Å²) in [6.07, 6.45) is 2.13. The van der Waals surface area contributed by atoms with E-state index in [2.05, 4.69) is 9.82 Å². The molecule has 0 aliphatic rings. The Bertz CT molecular complexity index is 662. The Labute approximate surface area is 122 Å². The van der Waals surface area contributed by atoms with Gasteiger partial charge in [0.2, 0.25) is 10.0 Å². The fourth-order valence-corrected chi connectivity index (χ4v) is 4.18. The fourth-order valence-electron chi connectivity index (χ4n) is 1.87. The highest BCUT2D eigenvalue weighted by molar-refractivity contribution is 7.89. The summed E-state index contributed by atoms with van der Waals surface area (Å²) in [5.41, 5.74) is 5.69. The van der Waals surface area contributed by atoms with Crippen LogP contribution in [0.3, 0.4) is 0 Å². The smallest absolute Gasteiger partial charge is 0.246 e. The fraction of sp³-hybridized carbons (Fsp3) is 0.417. The third-order valence-corrected chi connectivity index (χ3v) is 5.44. The largest absolute Gasteiger partial charge is 0.381 e. The standard InChI is InChI=1S/C12H18N4O2S2/c1-3-9(10-6-5-7-19-10)15-20(17,18)11-8-16(4-2)14-12(11)13/h5-9,15H,3-4H2,1-2H3,(H2,13,14). The summed E-state index contributed by atoms with van der Waals surface area (Å²) in [5, 5.41) is 5.90. The van der Waals surface area contributed by atoms with Crippen molar-refractivity contribution in [3.05, 3.63) is 28.6 Å². The Kier molecular flexibility index (Phi) is 4.46. The van der Waals surface area contributed by atoms with Crippen molar-refractivity contribution in [1.29, 1.82) is 0 Å². The summed E-state index contributed by atoms with van der Waals surface area (Å²) in [7, 11) is -3.67. The first-order valence-electron chi connectivity index (χ1n) is 6.36. The second-order valence-corrected chi connectivity index (χ2v) is 6.99. The van der Waals surface area contributed by atoms with Crippen LogP contribution in [-0.2, 0) is 16.6 Å². The molecule has 2 aromatic rings. The summed E-state index contributed by atoms with van der Waals surface area (Å²) in [4.78, 5) is 1.02. The number of nitrogen functional groups attached to an aromatic ring is 1. The first kappa shape index (κ1) is 15.0. The van der Waals surface area contributed by atoms with E-state index in [4.69, 9.17) is 5.73 Å². The lowest BCUT2D eigenvalue weighted by Crippen LogP contribution is -2.28. The highest BCUT2D eigenvalue weighted by atomic mass is 32.2. The molecule has 0 radical (unpaired) electrons. The molecule has 0 aliphatic carbocycles. The summed E-state index contributed by atoms with van der Waals surface area (Å²) in [6, 6.07) is 3.57. The average molecular weight is 314 g/mol. The number of nitrogens with two attached hydrogens (primary N) is 1. The number of aryl methyl sites for hydroxylation is 1. The molecule has 1 unspecified atom stereocenters. The highest BCUT2D eigenvalue weighted by Crippen LogP contribution is 2.25. The molecule has 0 spiro atoms. The molecule has 2 heterocycles. The molecule has 6 nitrogen and oxygen atoms in total. The lowest BCUT2D eigenvalue weighted by atomic mass is 10.2. The van der Waals surface area contributed by atoms with E-state index in [1.54, 1.807) is 0 Å². The predicted molar refractivity (Wildman–Crippen MR) is 80.0 cm³/mol. The number of nitrogens with zero attached hydrogens (tertiary/aromatic N) is 2. The first-order chi connectivity index (χ1) is 9.47. The highest BCUT2D eigenvalue weighted by Gasteiger charge is 2.25. The van der Waals surface area contributed by atoms with Crippen molar-refractivity contribution in [3.63, 3.8) is 0 Å². The maximum atomic E-state index is 12.4. The van der Waals surface area contributed by atoms with Crippen LogP contribution in [0.1, 0.15) is 31.2 Å². The molecule has 8 heteroatoms. The molecule has 2 rings (SSSR count). The molecule has 0 amide bonds. The molecule has 3 N–H and O–H groups in total. The summed E-state index contributed by atoms with van der Waals surface area (Å²) in [5.74, 6) is 0.0281. The van der Waals surface area contributed by atoms with Gasteiger partial charge in [-0.2, -0.15) is 5.10 Å². The van der Waals surface area contributed by atoms with Crippen LogP contribution in [-0.4, -0.2) is 18.2 Å². The summed E-state index contributed by atoms with van der Waals surface area (Å²) >= 11 is 1.53. The second kappa shape index (κ2) is 5.94. The maximum Gasteiger partial charge on any atom is 0.246 e. The van der Waals surface area contributed by atoms with Gasteiger partial charge in [-0.25, -0.2) is 13.1 Å². The van der Waals surface area contributed by atoms with Gasteiger partial charge in [-0.1, -0.05) is 13.0 Å². The monoisotopic (exact) mass is 314 g/mol. The van der Waals surface area contributed by atoms with Gasteiger partial charge in [-0.05, 0) is 24.8 Å². The number of nitrogens with one attached hydrogen (secondary N) is 1. The van der Waals surface area contributed by atoms with Crippen LogP contribution in [0.2, 0.25) is 0 Å². The zero-order valence-corrected chi connectivity index (χ0v) is 13.0. The lowest BCUT2D eigenvalue weighted by molar-refractivity contribution is 0.553. The minimum Gasteiger partial charge on any atom is -0.381 e. The quantitative estimate of drug-likeness (QED) is 0.853. The number of anilines is 1. The molecule has 0 saturated heterocycles. The van der Waals surface area contributed by atoms with Gasteiger partial charge in [0.15, 0.2) is 5.82 Å².